The number of likely N-dealkylation sites (tertiary alicyclic amines) is 1. The van der Waals surface area contributed by atoms with Crippen molar-refractivity contribution in [2.75, 3.05) is 25.0 Å². The van der Waals surface area contributed by atoms with Crippen molar-refractivity contribution in [3.8, 4) is 0 Å². The zero-order chi connectivity index (χ0) is 17.1. The number of hydrogen-bond acceptors (Lipinski definition) is 3. The first-order chi connectivity index (χ1) is 12.3. The average molecular weight is 335 g/mol. The Kier molecular flexibility index (Phi) is 4.81. The van der Waals surface area contributed by atoms with Crippen LogP contribution in [0, 0.1) is 0 Å². The molecule has 0 unspecified atom stereocenters. The van der Waals surface area contributed by atoms with Crippen molar-refractivity contribution in [2.24, 2.45) is 0 Å². The zero-order valence-electron chi connectivity index (χ0n) is 14.4. The van der Waals surface area contributed by atoms with Crippen LogP contribution in [-0.2, 0) is 11.3 Å². The fourth-order valence-electron chi connectivity index (χ4n) is 3.98. The summed E-state index contributed by atoms with van der Waals surface area (Å²) in [6, 6.07) is 19.3. The number of nitrogens with one attached hydrogen (secondary N) is 2. The second kappa shape index (κ2) is 7.38. The molecule has 0 spiro atoms. The molecule has 25 heavy (non-hydrogen) atoms. The van der Waals surface area contributed by atoms with Gasteiger partial charge in [0, 0.05) is 50.2 Å². The largest absolute Gasteiger partial charge is 0.326 e. The van der Waals surface area contributed by atoms with Crippen molar-refractivity contribution in [3.63, 3.8) is 0 Å². The highest BCUT2D eigenvalue weighted by Gasteiger charge is 2.27. The molecule has 2 aliphatic rings. The third-order valence-corrected chi connectivity index (χ3v) is 5.28. The van der Waals surface area contributed by atoms with E-state index in [1.165, 1.54) is 17.5 Å². The normalized spacial score (nSPS) is 23.3. The van der Waals surface area contributed by atoms with Crippen molar-refractivity contribution in [1.29, 1.82) is 0 Å². The third-order valence-electron chi connectivity index (χ3n) is 5.28. The van der Waals surface area contributed by atoms with Crippen molar-refractivity contribution >= 4 is 11.6 Å². The van der Waals surface area contributed by atoms with Crippen LogP contribution in [0.4, 0.5) is 5.69 Å². The first-order valence-corrected chi connectivity index (χ1v) is 9.16. The lowest BCUT2D eigenvalue weighted by atomic mass is 9.90. The molecule has 1 saturated heterocycles. The molecule has 2 aromatic carbocycles. The van der Waals surface area contributed by atoms with E-state index in [4.69, 9.17) is 0 Å². The van der Waals surface area contributed by atoms with E-state index in [0.717, 1.165) is 31.9 Å². The van der Waals surface area contributed by atoms with Crippen LogP contribution in [0.3, 0.4) is 0 Å². The molecule has 130 valence electrons. The number of para-hydroxylation sites is 1. The lowest BCUT2D eigenvalue weighted by Gasteiger charge is -2.27. The lowest BCUT2D eigenvalue weighted by molar-refractivity contribution is -0.116. The molecule has 2 atom stereocenters. The summed E-state index contributed by atoms with van der Waals surface area (Å²) >= 11 is 0. The second-order valence-corrected chi connectivity index (χ2v) is 7.15. The van der Waals surface area contributed by atoms with E-state index in [9.17, 15) is 4.79 Å². The number of nitrogens with zero attached hydrogens (tertiary/aromatic N) is 1. The highest BCUT2D eigenvalue weighted by Crippen LogP contribution is 2.31. The summed E-state index contributed by atoms with van der Waals surface area (Å²) in [5, 5.41) is 6.68. The van der Waals surface area contributed by atoms with Crippen LogP contribution < -0.4 is 10.6 Å². The van der Waals surface area contributed by atoms with Gasteiger partial charge in [0.1, 0.15) is 0 Å². The summed E-state index contributed by atoms with van der Waals surface area (Å²) in [5.74, 6) is 0.399. The summed E-state index contributed by atoms with van der Waals surface area (Å²) in [4.78, 5) is 14.4. The van der Waals surface area contributed by atoms with Crippen molar-refractivity contribution in [3.05, 3.63) is 65.7 Å². The summed E-state index contributed by atoms with van der Waals surface area (Å²) < 4.78 is 0. The monoisotopic (exact) mass is 335 g/mol. The number of fused-ring (bicyclic) bond motifs is 1. The van der Waals surface area contributed by atoms with Gasteiger partial charge >= 0.3 is 0 Å². The minimum Gasteiger partial charge on any atom is -0.326 e. The van der Waals surface area contributed by atoms with Gasteiger partial charge in [-0.15, -0.1) is 0 Å². The van der Waals surface area contributed by atoms with Crippen LogP contribution in [0.1, 0.15) is 29.9 Å². The number of rotatable bonds is 5. The second-order valence-electron chi connectivity index (χ2n) is 7.15. The molecule has 0 saturated carbocycles. The summed E-state index contributed by atoms with van der Waals surface area (Å²) in [6.07, 6.45) is 1.75. The quantitative estimate of drug-likeness (QED) is 0.883. The van der Waals surface area contributed by atoms with Gasteiger partial charge in [-0.3, -0.25) is 9.69 Å². The van der Waals surface area contributed by atoms with Gasteiger partial charge in [0.2, 0.25) is 5.91 Å². The summed E-state index contributed by atoms with van der Waals surface area (Å²) in [6.45, 7) is 4.10. The van der Waals surface area contributed by atoms with Crippen molar-refractivity contribution in [1.82, 2.24) is 10.2 Å². The van der Waals surface area contributed by atoms with Crippen LogP contribution in [0.5, 0.6) is 0 Å². The van der Waals surface area contributed by atoms with Gasteiger partial charge < -0.3 is 10.6 Å². The van der Waals surface area contributed by atoms with Gasteiger partial charge in [-0.2, -0.15) is 0 Å². The SMILES string of the molecule is O=C1C[C@H](CN[C@@H]2CCN(Cc3ccccc3)C2)c2ccccc2N1. The Morgan fingerprint density at radius 1 is 1.08 bits per heavy atom. The number of carbonyl (C=O) groups is 1. The predicted octanol–water partition coefficient (Wildman–Crippen LogP) is 2.98. The summed E-state index contributed by atoms with van der Waals surface area (Å²) in [7, 11) is 0. The predicted molar refractivity (Wildman–Crippen MR) is 101 cm³/mol. The van der Waals surface area contributed by atoms with E-state index >= 15 is 0 Å². The molecular formula is C21H25N3O. The first-order valence-electron chi connectivity index (χ1n) is 9.16. The highest BCUT2D eigenvalue weighted by atomic mass is 16.1. The Morgan fingerprint density at radius 2 is 1.88 bits per heavy atom. The van der Waals surface area contributed by atoms with Crippen LogP contribution in [-0.4, -0.2) is 36.5 Å². The van der Waals surface area contributed by atoms with Gasteiger partial charge in [0.15, 0.2) is 0 Å². The topological polar surface area (TPSA) is 44.4 Å². The minimum absolute atomic E-state index is 0.127. The number of amides is 1. The molecule has 0 bridgehead atoms. The fourth-order valence-corrected chi connectivity index (χ4v) is 3.98. The zero-order valence-corrected chi connectivity index (χ0v) is 14.4. The summed E-state index contributed by atoms with van der Waals surface area (Å²) in [5.41, 5.74) is 3.61. The molecule has 0 aromatic heterocycles. The molecule has 4 nitrogen and oxygen atoms in total. The number of carbonyl (C=O) groups excluding carboxylic acids is 1. The van der Waals surface area contributed by atoms with Gasteiger partial charge in [0.05, 0.1) is 0 Å². The fraction of sp³-hybridized carbons (Fsp3) is 0.381. The Morgan fingerprint density at radius 3 is 2.76 bits per heavy atom. The number of hydrogen-bond donors (Lipinski definition) is 2. The van der Waals surface area contributed by atoms with Crippen molar-refractivity contribution < 1.29 is 4.79 Å². The third kappa shape index (κ3) is 3.91. The van der Waals surface area contributed by atoms with Crippen LogP contribution >= 0.6 is 0 Å². The van der Waals surface area contributed by atoms with E-state index < -0.39 is 0 Å². The average Bonchev–Trinajstić information content (AvgIpc) is 3.08. The van der Waals surface area contributed by atoms with E-state index in [1.54, 1.807) is 0 Å². The molecule has 1 amide bonds. The van der Waals surface area contributed by atoms with Crippen LogP contribution in [0.2, 0.25) is 0 Å². The number of anilines is 1. The van der Waals surface area contributed by atoms with Gasteiger partial charge in [-0.1, -0.05) is 48.5 Å². The Bertz CT molecular complexity index is 731. The van der Waals surface area contributed by atoms with Crippen molar-refractivity contribution in [2.45, 2.75) is 31.3 Å². The lowest BCUT2D eigenvalue weighted by Crippen LogP contribution is -2.37. The van der Waals surface area contributed by atoms with Crippen LogP contribution in [0.25, 0.3) is 0 Å². The molecule has 0 aliphatic carbocycles. The Balaban J connectivity index is 1.31. The maximum Gasteiger partial charge on any atom is 0.225 e. The molecule has 2 N–H and O–H groups in total. The number of benzene rings is 2. The standard InChI is InChI=1S/C21H25N3O/c25-21-12-17(19-8-4-5-9-20(19)23-21)13-22-18-10-11-24(15-18)14-16-6-2-1-3-7-16/h1-9,17-18,22H,10-15H2,(H,23,25)/t17-,18-/m1/s1. The first kappa shape index (κ1) is 16.3. The molecule has 0 radical (unpaired) electrons. The smallest absolute Gasteiger partial charge is 0.225 e. The highest BCUT2D eigenvalue weighted by molar-refractivity contribution is 5.94. The maximum atomic E-state index is 11.9. The van der Waals surface area contributed by atoms with Gasteiger partial charge in [-0.05, 0) is 23.6 Å². The molecule has 2 aliphatic heterocycles. The molecule has 4 rings (SSSR count). The van der Waals surface area contributed by atoms with E-state index in [-0.39, 0.29) is 11.8 Å². The molecular weight excluding hydrogens is 310 g/mol. The van der Waals surface area contributed by atoms with Gasteiger partial charge in [-0.25, -0.2) is 0 Å². The Hall–Kier alpha value is -2.17. The van der Waals surface area contributed by atoms with E-state index in [2.05, 4.69) is 58.0 Å². The van der Waals surface area contributed by atoms with E-state index in [0.29, 0.717) is 12.5 Å². The van der Waals surface area contributed by atoms with Gasteiger partial charge in [0.25, 0.3) is 0 Å². The minimum atomic E-state index is 0.127. The molecule has 4 heteroatoms. The molecule has 2 aromatic rings. The van der Waals surface area contributed by atoms with E-state index in [1.807, 2.05) is 12.1 Å². The Labute approximate surface area is 149 Å². The molecule has 1 fully saturated rings. The maximum absolute atomic E-state index is 11.9. The molecule has 2 heterocycles. The van der Waals surface area contributed by atoms with Crippen LogP contribution in [0.15, 0.2) is 54.6 Å².